The first-order valence-electron chi connectivity index (χ1n) is 4.70. The zero-order chi connectivity index (χ0) is 12.5. The lowest BCUT2D eigenvalue weighted by Gasteiger charge is -2.05. The minimum Gasteiger partial charge on any atom is -0.203 e. The molecule has 4 heteroatoms. The number of hydrogen-bond donors (Lipinski definition) is 0. The van der Waals surface area contributed by atoms with Crippen LogP contribution in [-0.4, -0.2) is 0 Å². The summed E-state index contributed by atoms with van der Waals surface area (Å²) in [7, 11) is 0. The SMILES string of the molecule is Cc1c(F)c(F)c(F)c(F)c1C#CC(C)C. The Hall–Kier alpha value is -1.50. The normalized spacial score (nSPS) is 10.2. The van der Waals surface area contributed by atoms with Gasteiger partial charge in [-0.1, -0.05) is 25.7 Å². The van der Waals surface area contributed by atoms with Crippen molar-refractivity contribution in [2.24, 2.45) is 5.92 Å². The van der Waals surface area contributed by atoms with Gasteiger partial charge in [0.2, 0.25) is 0 Å². The first-order chi connectivity index (χ1) is 7.36. The van der Waals surface area contributed by atoms with Crippen molar-refractivity contribution in [2.75, 3.05) is 0 Å². The van der Waals surface area contributed by atoms with Crippen LogP contribution in [0.5, 0.6) is 0 Å². The minimum atomic E-state index is -1.82. The summed E-state index contributed by atoms with van der Waals surface area (Å²) in [5.74, 6) is -1.65. The van der Waals surface area contributed by atoms with E-state index in [1.165, 1.54) is 0 Å². The molecule has 16 heavy (non-hydrogen) atoms. The average molecular weight is 230 g/mol. The summed E-state index contributed by atoms with van der Waals surface area (Å²) in [6.45, 7) is 4.65. The highest BCUT2D eigenvalue weighted by molar-refractivity contribution is 5.43. The maximum absolute atomic E-state index is 13.3. The molecule has 0 atom stereocenters. The molecule has 0 radical (unpaired) electrons. The van der Waals surface area contributed by atoms with E-state index in [0.29, 0.717) is 0 Å². The third-order valence-electron chi connectivity index (χ3n) is 1.99. The van der Waals surface area contributed by atoms with Gasteiger partial charge in [0.05, 0.1) is 5.56 Å². The summed E-state index contributed by atoms with van der Waals surface area (Å²) in [5.41, 5.74) is -0.741. The Labute approximate surface area is 91.3 Å². The lowest BCUT2D eigenvalue weighted by atomic mass is 10.1. The van der Waals surface area contributed by atoms with Crippen molar-refractivity contribution in [3.8, 4) is 11.8 Å². The molecule has 0 bridgehead atoms. The molecule has 0 aliphatic rings. The van der Waals surface area contributed by atoms with Crippen molar-refractivity contribution in [2.45, 2.75) is 20.8 Å². The third kappa shape index (κ3) is 2.19. The highest BCUT2D eigenvalue weighted by atomic mass is 19.2. The summed E-state index contributed by atoms with van der Waals surface area (Å²) in [6, 6.07) is 0. The second-order valence-electron chi connectivity index (χ2n) is 3.68. The molecule has 0 aliphatic heterocycles. The fraction of sp³-hybridized carbons (Fsp3) is 0.333. The summed E-state index contributed by atoms with van der Waals surface area (Å²) < 4.78 is 52.1. The van der Waals surface area contributed by atoms with Crippen LogP contribution < -0.4 is 0 Å². The Balaban J connectivity index is 3.48. The Morgan fingerprint density at radius 2 is 1.38 bits per heavy atom. The van der Waals surface area contributed by atoms with Crippen LogP contribution in [0.2, 0.25) is 0 Å². The van der Waals surface area contributed by atoms with E-state index in [1.54, 1.807) is 13.8 Å². The number of hydrogen-bond acceptors (Lipinski definition) is 0. The van der Waals surface area contributed by atoms with E-state index in [1.807, 2.05) is 0 Å². The van der Waals surface area contributed by atoms with Gasteiger partial charge < -0.3 is 0 Å². The van der Waals surface area contributed by atoms with Crippen LogP contribution in [0.15, 0.2) is 0 Å². The Morgan fingerprint density at radius 1 is 0.875 bits per heavy atom. The Morgan fingerprint density at radius 3 is 1.88 bits per heavy atom. The molecule has 86 valence electrons. The van der Waals surface area contributed by atoms with Gasteiger partial charge in [-0.05, 0) is 6.92 Å². The van der Waals surface area contributed by atoms with Crippen molar-refractivity contribution in [3.05, 3.63) is 34.4 Å². The highest BCUT2D eigenvalue weighted by Crippen LogP contribution is 2.22. The molecule has 0 saturated carbocycles. The Bertz CT molecular complexity index is 449. The fourth-order valence-electron chi connectivity index (χ4n) is 1.11. The van der Waals surface area contributed by atoms with E-state index in [4.69, 9.17) is 0 Å². The maximum Gasteiger partial charge on any atom is 0.198 e. The molecular formula is C12H10F4. The lowest BCUT2D eigenvalue weighted by Crippen LogP contribution is -2.03. The Kier molecular flexibility index (Phi) is 3.58. The van der Waals surface area contributed by atoms with Gasteiger partial charge in [-0.15, -0.1) is 0 Å². The monoisotopic (exact) mass is 230 g/mol. The van der Waals surface area contributed by atoms with Crippen molar-refractivity contribution < 1.29 is 17.6 Å². The highest BCUT2D eigenvalue weighted by Gasteiger charge is 2.21. The van der Waals surface area contributed by atoms with E-state index in [-0.39, 0.29) is 11.5 Å². The average Bonchev–Trinajstić information content (AvgIpc) is 2.23. The largest absolute Gasteiger partial charge is 0.203 e. The van der Waals surface area contributed by atoms with Crippen LogP contribution in [0.4, 0.5) is 17.6 Å². The van der Waals surface area contributed by atoms with Crippen LogP contribution in [0.25, 0.3) is 0 Å². The molecule has 0 aromatic heterocycles. The minimum absolute atomic E-state index is 0.0741. The molecule has 0 spiro atoms. The summed E-state index contributed by atoms with van der Waals surface area (Å²) in [5, 5.41) is 0. The van der Waals surface area contributed by atoms with Crippen LogP contribution in [0, 0.1) is 48.0 Å². The van der Waals surface area contributed by atoms with Gasteiger partial charge in [-0.3, -0.25) is 0 Å². The van der Waals surface area contributed by atoms with Crippen molar-refractivity contribution >= 4 is 0 Å². The molecule has 0 aliphatic carbocycles. The fourth-order valence-corrected chi connectivity index (χ4v) is 1.11. The van der Waals surface area contributed by atoms with Gasteiger partial charge in [-0.25, -0.2) is 17.6 Å². The van der Waals surface area contributed by atoms with Crippen LogP contribution in [-0.2, 0) is 0 Å². The standard InChI is InChI=1S/C12H10F4/c1-6(2)4-5-8-7(3)9(13)11(15)12(16)10(8)14/h6H,1-3H3. The topological polar surface area (TPSA) is 0 Å². The van der Waals surface area contributed by atoms with Gasteiger partial charge in [0.1, 0.15) is 0 Å². The van der Waals surface area contributed by atoms with Crippen molar-refractivity contribution in [1.82, 2.24) is 0 Å². The first-order valence-corrected chi connectivity index (χ1v) is 4.70. The number of rotatable bonds is 0. The van der Waals surface area contributed by atoms with E-state index in [9.17, 15) is 17.6 Å². The molecule has 0 saturated heterocycles. The zero-order valence-electron chi connectivity index (χ0n) is 9.09. The van der Waals surface area contributed by atoms with Crippen molar-refractivity contribution in [1.29, 1.82) is 0 Å². The number of halogens is 4. The van der Waals surface area contributed by atoms with Gasteiger partial charge in [0.15, 0.2) is 23.3 Å². The summed E-state index contributed by atoms with van der Waals surface area (Å²) in [4.78, 5) is 0. The van der Waals surface area contributed by atoms with E-state index in [2.05, 4.69) is 11.8 Å². The molecule has 0 nitrogen and oxygen atoms in total. The molecule has 0 heterocycles. The summed E-state index contributed by atoms with van der Waals surface area (Å²) >= 11 is 0. The van der Waals surface area contributed by atoms with E-state index in [0.717, 1.165) is 6.92 Å². The predicted molar refractivity (Wildman–Crippen MR) is 52.7 cm³/mol. The first kappa shape index (κ1) is 12.6. The van der Waals surface area contributed by atoms with Crippen molar-refractivity contribution in [3.63, 3.8) is 0 Å². The summed E-state index contributed by atoms with van der Waals surface area (Å²) in [6.07, 6.45) is 0. The molecular weight excluding hydrogens is 220 g/mol. The van der Waals surface area contributed by atoms with E-state index < -0.39 is 28.8 Å². The van der Waals surface area contributed by atoms with Crippen LogP contribution in [0.1, 0.15) is 25.0 Å². The van der Waals surface area contributed by atoms with Gasteiger partial charge in [0.25, 0.3) is 0 Å². The molecule has 0 fully saturated rings. The quantitative estimate of drug-likeness (QED) is 0.277. The van der Waals surface area contributed by atoms with Gasteiger partial charge in [-0.2, -0.15) is 0 Å². The maximum atomic E-state index is 13.3. The lowest BCUT2D eigenvalue weighted by molar-refractivity contribution is 0.404. The van der Waals surface area contributed by atoms with Crippen LogP contribution in [0.3, 0.4) is 0 Å². The van der Waals surface area contributed by atoms with Gasteiger partial charge >= 0.3 is 0 Å². The van der Waals surface area contributed by atoms with Crippen LogP contribution >= 0.6 is 0 Å². The number of benzene rings is 1. The smallest absolute Gasteiger partial charge is 0.198 e. The molecule has 1 rings (SSSR count). The molecule has 1 aromatic rings. The zero-order valence-corrected chi connectivity index (χ0v) is 9.09. The van der Waals surface area contributed by atoms with Gasteiger partial charge in [0, 0.05) is 11.5 Å². The predicted octanol–water partition coefficient (Wildman–Crippen LogP) is 3.56. The molecule has 0 unspecified atom stereocenters. The molecule has 0 amide bonds. The third-order valence-corrected chi connectivity index (χ3v) is 1.99. The second kappa shape index (κ2) is 4.56. The van der Waals surface area contributed by atoms with E-state index >= 15 is 0 Å². The molecule has 0 N–H and O–H groups in total. The molecule has 1 aromatic carbocycles. The second-order valence-corrected chi connectivity index (χ2v) is 3.68.